The molecule has 1 rings (SSSR count). The summed E-state index contributed by atoms with van der Waals surface area (Å²) in [4.78, 5) is 22.7. The highest BCUT2D eigenvalue weighted by Gasteiger charge is 2.31. The summed E-state index contributed by atoms with van der Waals surface area (Å²) < 4.78 is 4.72. The van der Waals surface area contributed by atoms with Crippen LogP contribution in [0.4, 0.5) is 4.79 Å². The molecule has 1 aliphatic heterocycles. The van der Waals surface area contributed by atoms with E-state index < -0.39 is 18.1 Å². The lowest BCUT2D eigenvalue weighted by Gasteiger charge is -2.18. The summed E-state index contributed by atoms with van der Waals surface area (Å²) >= 11 is 0. The highest BCUT2D eigenvalue weighted by atomic mass is 16.5. The molecule has 0 saturated heterocycles. The zero-order chi connectivity index (χ0) is 9.84. The van der Waals surface area contributed by atoms with E-state index in [2.05, 4.69) is 0 Å². The molecule has 72 valence electrons. The quantitative estimate of drug-likeness (QED) is 0.646. The van der Waals surface area contributed by atoms with Gasteiger partial charge in [-0.25, -0.2) is 9.59 Å². The minimum absolute atomic E-state index is 0.267. The van der Waals surface area contributed by atoms with E-state index in [-0.39, 0.29) is 6.61 Å². The van der Waals surface area contributed by atoms with Gasteiger partial charge in [0.05, 0.1) is 6.61 Å². The molecule has 1 heterocycles. The van der Waals surface area contributed by atoms with Crippen molar-refractivity contribution >= 4 is 12.1 Å². The third-order valence-corrected chi connectivity index (χ3v) is 1.74. The summed E-state index contributed by atoms with van der Waals surface area (Å²) in [6, 6.07) is -0.697. The van der Waals surface area contributed by atoms with Gasteiger partial charge >= 0.3 is 12.1 Å². The number of carbonyl (C=O) groups excluding carboxylic acids is 1. The number of ether oxygens (including phenoxy) is 1. The second kappa shape index (κ2) is 3.93. The van der Waals surface area contributed by atoms with Crippen LogP contribution in [-0.4, -0.2) is 34.7 Å². The molecule has 1 aliphatic rings. The fourth-order valence-corrected chi connectivity index (χ4v) is 1.17. The van der Waals surface area contributed by atoms with E-state index in [4.69, 9.17) is 9.84 Å². The molecule has 0 aromatic heterocycles. The minimum Gasteiger partial charge on any atom is -0.465 e. The highest BCUT2D eigenvalue weighted by molar-refractivity contribution is 5.82. The molecule has 13 heavy (non-hydrogen) atoms. The Morgan fingerprint density at radius 3 is 2.92 bits per heavy atom. The smallest absolute Gasteiger partial charge is 0.412 e. The summed E-state index contributed by atoms with van der Waals surface area (Å²) in [5.41, 5.74) is 0. The fraction of sp³-hybridized carbons (Fsp3) is 0.500. The van der Waals surface area contributed by atoms with Crippen LogP contribution in [0.25, 0.3) is 0 Å². The molecule has 5 heteroatoms. The maximum Gasteiger partial charge on any atom is 0.412 e. The Kier molecular flexibility index (Phi) is 2.89. The average Bonchev–Trinajstić information content (AvgIpc) is 2.52. The Morgan fingerprint density at radius 2 is 2.38 bits per heavy atom. The van der Waals surface area contributed by atoms with Crippen molar-refractivity contribution in [1.82, 2.24) is 4.90 Å². The Hall–Kier alpha value is -1.52. The Morgan fingerprint density at radius 1 is 1.69 bits per heavy atom. The van der Waals surface area contributed by atoms with Crippen LogP contribution in [0.5, 0.6) is 0 Å². The minimum atomic E-state index is -1.13. The molecular formula is C8H11NO4. The third-order valence-electron chi connectivity index (χ3n) is 1.74. The van der Waals surface area contributed by atoms with Gasteiger partial charge in [0.1, 0.15) is 6.04 Å². The van der Waals surface area contributed by atoms with Crippen molar-refractivity contribution in [2.75, 3.05) is 6.61 Å². The SMILES string of the molecule is CCOC(=O)C1CC=CN1C(=O)O. The number of hydrogen-bond donors (Lipinski definition) is 1. The molecule has 1 atom stereocenters. The zero-order valence-electron chi connectivity index (χ0n) is 7.27. The van der Waals surface area contributed by atoms with Gasteiger partial charge in [-0.15, -0.1) is 0 Å². The van der Waals surface area contributed by atoms with Crippen molar-refractivity contribution in [2.24, 2.45) is 0 Å². The van der Waals surface area contributed by atoms with E-state index in [1.165, 1.54) is 6.20 Å². The first-order valence-corrected chi connectivity index (χ1v) is 4.01. The Labute approximate surface area is 75.6 Å². The van der Waals surface area contributed by atoms with Crippen molar-refractivity contribution in [3.8, 4) is 0 Å². The molecule has 1 N–H and O–H groups in total. The van der Waals surface area contributed by atoms with Crippen LogP contribution in [0.1, 0.15) is 13.3 Å². The molecule has 0 saturated carbocycles. The molecule has 0 aromatic rings. The molecule has 0 aliphatic carbocycles. The lowest BCUT2D eigenvalue weighted by atomic mass is 10.2. The number of nitrogens with zero attached hydrogens (tertiary/aromatic N) is 1. The maximum absolute atomic E-state index is 11.2. The molecule has 1 amide bonds. The maximum atomic E-state index is 11.2. The van der Waals surface area contributed by atoms with Gasteiger partial charge in [-0.05, 0) is 13.3 Å². The largest absolute Gasteiger partial charge is 0.465 e. The predicted octanol–water partition coefficient (Wildman–Crippen LogP) is 0.816. The van der Waals surface area contributed by atoms with Crippen molar-refractivity contribution in [3.05, 3.63) is 12.3 Å². The lowest BCUT2D eigenvalue weighted by molar-refractivity contribution is -0.147. The van der Waals surface area contributed by atoms with Crippen LogP contribution in [0.2, 0.25) is 0 Å². The van der Waals surface area contributed by atoms with Crippen molar-refractivity contribution in [1.29, 1.82) is 0 Å². The number of carbonyl (C=O) groups is 2. The molecule has 0 radical (unpaired) electrons. The Bertz CT molecular complexity index is 249. The van der Waals surface area contributed by atoms with Crippen molar-refractivity contribution in [3.63, 3.8) is 0 Å². The van der Waals surface area contributed by atoms with Crippen molar-refractivity contribution in [2.45, 2.75) is 19.4 Å². The second-order valence-corrected chi connectivity index (χ2v) is 2.58. The molecular weight excluding hydrogens is 174 g/mol. The summed E-state index contributed by atoms with van der Waals surface area (Å²) in [6.45, 7) is 1.95. The fourth-order valence-electron chi connectivity index (χ4n) is 1.17. The number of rotatable bonds is 2. The average molecular weight is 185 g/mol. The van der Waals surface area contributed by atoms with E-state index >= 15 is 0 Å². The van der Waals surface area contributed by atoms with Gasteiger partial charge in [-0.2, -0.15) is 0 Å². The predicted molar refractivity (Wildman–Crippen MR) is 44.0 cm³/mol. The second-order valence-electron chi connectivity index (χ2n) is 2.58. The first-order chi connectivity index (χ1) is 6.16. The van der Waals surface area contributed by atoms with Crippen LogP contribution in [-0.2, 0) is 9.53 Å². The molecule has 1 unspecified atom stereocenters. The zero-order valence-corrected chi connectivity index (χ0v) is 7.27. The Balaban J connectivity index is 2.61. The van der Waals surface area contributed by atoms with E-state index in [1.54, 1.807) is 13.0 Å². The van der Waals surface area contributed by atoms with Crippen molar-refractivity contribution < 1.29 is 19.4 Å². The van der Waals surface area contributed by atoms with Crippen LogP contribution in [0.3, 0.4) is 0 Å². The van der Waals surface area contributed by atoms with Gasteiger partial charge in [0.2, 0.25) is 0 Å². The van der Waals surface area contributed by atoms with Gasteiger partial charge in [0.25, 0.3) is 0 Å². The van der Waals surface area contributed by atoms with E-state index in [0.29, 0.717) is 6.42 Å². The summed E-state index contributed by atoms with van der Waals surface area (Å²) in [5.74, 6) is -0.491. The first-order valence-electron chi connectivity index (χ1n) is 4.01. The topological polar surface area (TPSA) is 66.8 Å². The van der Waals surface area contributed by atoms with E-state index in [9.17, 15) is 9.59 Å². The number of carboxylic acid groups (broad SMARTS) is 1. The highest BCUT2D eigenvalue weighted by Crippen LogP contribution is 2.15. The summed E-state index contributed by atoms with van der Waals surface area (Å²) in [6.07, 6.45) is 2.27. The number of hydrogen-bond acceptors (Lipinski definition) is 3. The molecule has 0 spiro atoms. The van der Waals surface area contributed by atoms with Gasteiger partial charge in [-0.1, -0.05) is 6.08 Å². The molecule has 0 bridgehead atoms. The molecule has 0 aromatic carbocycles. The summed E-state index contributed by atoms with van der Waals surface area (Å²) in [5, 5.41) is 8.67. The van der Waals surface area contributed by atoms with Gasteiger partial charge in [0.15, 0.2) is 0 Å². The van der Waals surface area contributed by atoms with Crippen LogP contribution in [0, 0.1) is 0 Å². The number of amides is 1. The molecule has 5 nitrogen and oxygen atoms in total. The van der Waals surface area contributed by atoms with Crippen LogP contribution in [0.15, 0.2) is 12.3 Å². The van der Waals surface area contributed by atoms with Gasteiger partial charge < -0.3 is 9.84 Å². The first kappa shape index (κ1) is 9.57. The third kappa shape index (κ3) is 1.99. The molecule has 0 fully saturated rings. The van der Waals surface area contributed by atoms with Gasteiger partial charge in [0, 0.05) is 6.20 Å². The number of esters is 1. The van der Waals surface area contributed by atoms with E-state index in [1.807, 2.05) is 0 Å². The normalized spacial score (nSPS) is 20.4. The van der Waals surface area contributed by atoms with Crippen LogP contribution >= 0.6 is 0 Å². The van der Waals surface area contributed by atoms with Gasteiger partial charge in [-0.3, -0.25) is 4.90 Å². The lowest BCUT2D eigenvalue weighted by Crippen LogP contribution is -2.38. The summed E-state index contributed by atoms with van der Waals surface area (Å²) in [7, 11) is 0. The van der Waals surface area contributed by atoms with Crippen LogP contribution < -0.4 is 0 Å². The van der Waals surface area contributed by atoms with E-state index in [0.717, 1.165) is 4.90 Å². The standard InChI is InChI=1S/C8H11NO4/c1-2-13-7(10)6-4-3-5-9(6)8(11)12/h3,5-6H,2,4H2,1H3,(H,11,12). The monoisotopic (exact) mass is 185 g/mol.